The molecule has 0 radical (unpaired) electrons. The van der Waals surface area contributed by atoms with Gasteiger partial charge in [-0.05, 0) is 26.0 Å². The molecular weight excluding hydrogens is 220 g/mol. The summed E-state index contributed by atoms with van der Waals surface area (Å²) < 4.78 is 0. The number of hydrogen-bond donors (Lipinski definition) is 0. The third-order valence-electron chi connectivity index (χ3n) is 2.29. The summed E-state index contributed by atoms with van der Waals surface area (Å²) in [4.78, 5) is 20.8. The van der Waals surface area contributed by atoms with Crippen LogP contribution in [0.5, 0.6) is 0 Å². The second-order valence-electron chi connectivity index (χ2n) is 3.67. The number of aromatic nitrogens is 2. The van der Waals surface area contributed by atoms with Crippen LogP contribution in [0.3, 0.4) is 0 Å². The van der Waals surface area contributed by atoms with Gasteiger partial charge < -0.3 is 0 Å². The van der Waals surface area contributed by atoms with Crippen molar-refractivity contribution in [3.63, 3.8) is 0 Å². The average molecular weight is 232 g/mol. The first-order valence-corrected chi connectivity index (χ1v) is 5.81. The molecule has 4 heteroatoms. The Balaban J connectivity index is 2.45. The Morgan fingerprint density at radius 2 is 2.06 bits per heavy atom. The van der Waals surface area contributed by atoms with Crippen LogP contribution in [-0.2, 0) is 0 Å². The van der Waals surface area contributed by atoms with Crippen LogP contribution in [-0.4, -0.2) is 15.8 Å². The van der Waals surface area contributed by atoms with E-state index < -0.39 is 0 Å². The number of thiazole rings is 1. The quantitative estimate of drug-likeness (QED) is 0.747. The van der Waals surface area contributed by atoms with Gasteiger partial charge in [-0.15, -0.1) is 11.3 Å². The van der Waals surface area contributed by atoms with Crippen molar-refractivity contribution in [2.45, 2.75) is 20.8 Å². The summed E-state index contributed by atoms with van der Waals surface area (Å²) in [6.07, 6.45) is 1.79. The Bertz CT molecular complexity index is 528. The monoisotopic (exact) mass is 232 g/mol. The van der Waals surface area contributed by atoms with Crippen molar-refractivity contribution in [2.75, 3.05) is 0 Å². The first-order valence-electron chi connectivity index (χ1n) is 4.99. The fraction of sp³-hybridized carbons (Fsp3) is 0.250. The summed E-state index contributed by atoms with van der Waals surface area (Å²) in [5, 5.41) is 0.857. The maximum absolute atomic E-state index is 11.3. The van der Waals surface area contributed by atoms with Gasteiger partial charge in [0.1, 0.15) is 10.7 Å². The Hall–Kier alpha value is -1.55. The number of pyridine rings is 1. The van der Waals surface area contributed by atoms with Gasteiger partial charge in [-0.1, -0.05) is 0 Å². The topological polar surface area (TPSA) is 42.9 Å². The third kappa shape index (κ3) is 2.02. The molecule has 0 amide bonds. The minimum atomic E-state index is 0.0140. The van der Waals surface area contributed by atoms with Crippen LogP contribution in [0.4, 0.5) is 0 Å². The minimum Gasteiger partial charge on any atom is -0.293 e. The van der Waals surface area contributed by atoms with E-state index >= 15 is 0 Å². The van der Waals surface area contributed by atoms with Crippen molar-refractivity contribution in [1.82, 2.24) is 9.97 Å². The Morgan fingerprint density at radius 1 is 1.31 bits per heavy atom. The van der Waals surface area contributed by atoms with Gasteiger partial charge in [0.05, 0.1) is 0 Å². The first kappa shape index (κ1) is 11.0. The number of rotatable bonds is 2. The molecule has 3 nitrogen and oxygen atoms in total. The predicted molar refractivity (Wildman–Crippen MR) is 64.8 cm³/mol. The fourth-order valence-corrected chi connectivity index (χ4v) is 2.39. The van der Waals surface area contributed by atoms with Crippen LogP contribution >= 0.6 is 11.3 Å². The molecule has 0 spiro atoms. The number of carbonyl (C=O) groups excluding carboxylic acids is 1. The van der Waals surface area contributed by atoms with E-state index in [0.717, 1.165) is 21.1 Å². The summed E-state index contributed by atoms with van der Waals surface area (Å²) >= 11 is 1.53. The molecule has 0 aliphatic heterocycles. The molecule has 0 N–H and O–H groups in total. The predicted octanol–water partition coefficient (Wildman–Crippen LogP) is 3.02. The molecule has 2 rings (SSSR count). The lowest BCUT2D eigenvalue weighted by Crippen LogP contribution is -1.94. The molecule has 2 aromatic rings. The zero-order chi connectivity index (χ0) is 11.7. The number of nitrogens with zero attached hydrogens (tertiary/aromatic N) is 2. The molecule has 0 fully saturated rings. The maximum atomic E-state index is 11.3. The zero-order valence-electron chi connectivity index (χ0n) is 9.44. The van der Waals surface area contributed by atoms with Gasteiger partial charge in [-0.25, -0.2) is 4.98 Å². The largest absolute Gasteiger partial charge is 0.293 e. The second-order valence-corrected chi connectivity index (χ2v) is 4.87. The van der Waals surface area contributed by atoms with Crippen LogP contribution in [0.2, 0.25) is 0 Å². The van der Waals surface area contributed by atoms with Crippen LogP contribution in [0.25, 0.3) is 10.6 Å². The highest BCUT2D eigenvalue weighted by atomic mass is 32.1. The number of aryl methyl sites for hydroxylation is 2. The summed E-state index contributed by atoms with van der Waals surface area (Å²) in [5.41, 5.74) is 2.51. The minimum absolute atomic E-state index is 0.0140. The van der Waals surface area contributed by atoms with E-state index in [-0.39, 0.29) is 5.78 Å². The molecule has 0 bridgehead atoms. The highest BCUT2D eigenvalue weighted by Gasteiger charge is 2.12. The zero-order valence-corrected chi connectivity index (χ0v) is 10.3. The van der Waals surface area contributed by atoms with E-state index in [4.69, 9.17) is 0 Å². The summed E-state index contributed by atoms with van der Waals surface area (Å²) in [6.45, 7) is 5.40. The van der Waals surface area contributed by atoms with Crippen LogP contribution < -0.4 is 0 Å². The Kier molecular flexibility index (Phi) is 2.83. The van der Waals surface area contributed by atoms with Gasteiger partial charge >= 0.3 is 0 Å². The number of ketones is 1. The SMILES string of the molecule is CC(=O)c1nc(-c2ccc(C)nc2)sc1C. The maximum Gasteiger partial charge on any atom is 0.179 e. The molecular formula is C12H12N2OS. The van der Waals surface area contributed by atoms with Crippen molar-refractivity contribution >= 4 is 17.1 Å². The number of Topliss-reactive ketones (excluding diaryl/α,β-unsaturated/α-hetero) is 1. The smallest absolute Gasteiger partial charge is 0.179 e. The Labute approximate surface area is 98.2 Å². The average Bonchev–Trinajstić information content (AvgIpc) is 2.61. The molecule has 16 heavy (non-hydrogen) atoms. The third-order valence-corrected chi connectivity index (χ3v) is 3.31. The summed E-state index contributed by atoms with van der Waals surface area (Å²) in [7, 11) is 0. The molecule has 0 atom stereocenters. The lowest BCUT2D eigenvalue weighted by molar-refractivity contribution is 0.101. The van der Waals surface area contributed by atoms with E-state index in [2.05, 4.69) is 9.97 Å². The number of hydrogen-bond acceptors (Lipinski definition) is 4. The van der Waals surface area contributed by atoms with Crippen LogP contribution in [0.1, 0.15) is 28.0 Å². The van der Waals surface area contributed by atoms with Gasteiger partial charge in [0.25, 0.3) is 0 Å². The van der Waals surface area contributed by atoms with E-state index in [1.165, 1.54) is 11.3 Å². The van der Waals surface area contributed by atoms with Crippen molar-refractivity contribution in [3.05, 3.63) is 34.6 Å². The highest BCUT2D eigenvalue weighted by molar-refractivity contribution is 7.15. The molecule has 0 unspecified atom stereocenters. The van der Waals surface area contributed by atoms with E-state index in [1.54, 1.807) is 13.1 Å². The molecule has 2 aromatic heterocycles. The van der Waals surface area contributed by atoms with Gasteiger partial charge in [0.15, 0.2) is 5.78 Å². The molecule has 2 heterocycles. The standard InChI is InChI=1S/C12H12N2OS/c1-7-4-5-10(6-13-7)12-14-11(8(2)15)9(3)16-12/h4-6H,1-3H3. The lowest BCUT2D eigenvalue weighted by Gasteiger charge is -1.95. The van der Waals surface area contributed by atoms with Gasteiger partial charge in [-0.2, -0.15) is 0 Å². The second kappa shape index (κ2) is 4.14. The first-order chi connectivity index (χ1) is 7.58. The number of carbonyl (C=O) groups is 1. The molecule has 0 saturated carbocycles. The van der Waals surface area contributed by atoms with Crippen molar-refractivity contribution < 1.29 is 4.79 Å². The van der Waals surface area contributed by atoms with Crippen molar-refractivity contribution in [1.29, 1.82) is 0 Å². The summed E-state index contributed by atoms with van der Waals surface area (Å²) in [5.74, 6) is 0.0140. The molecule has 0 aliphatic rings. The Morgan fingerprint density at radius 3 is 2.56 bits per heavy atom. The lowest BCUT2D eigenvalue weighted by atomic mass is 10.2. The fourth-order valence-electron chi connectivity index (χ4n) is 1.44. The van der Waals surface area contributed by atoms with E-state index in [1.807, 2.05) is 26.0 Å². The van der Waals surface area contributed by atoms with E-state index in [9.17, 15) is 4.79 Å². The van der Waals surface area contributed by atoms with Gasteiger partial charge in [0, 0.05) is 29.3 Å². The van der Waals surface area contributed by atoms with Crippen LogP contribution in [0.15, 0.2) is 18.3 Å². The highest BCUT2D eigenvalue weighted by Crippen LogP contribution is 2.27. The molecule has 0 aliphatic carbocycles. The van der Waals surface area contributed by atoms with Gasteiger partial charge in [-0.3, -0.25) is 9.78 Å². The van der Waals surface area contributed by atoms with Crippen molar-refractivity contribution in [2.24, 2.45) is 0 Å². The molecule has 82 valence electrons. The van der Waals surface area contributed by atoms with E-state index in [0.29, 0.717) is 5.69 Å². The van der Waals surface area contributed by atoms with Crippen LogP contribution in [0, 0.1) is 13.8 Å². The molecule has 0 aromatic carbocycles. The summed E-state index contributed by atoms with van der Waals surface area (Å²) in [6, 6.07) is 3.92. The molecule has 0 saturated heterocycles. The van der Waals surface area contributed by atoms with Crippen molar-refractivity contribution in [3.8, 4) is 10.6 Å². The van der Waals surface area contributed by atoms with Gasteiger partial charge in [0.2, 0.25) is 0 Å². The normalized spacial score (nSPS) is 10.4.